The van der Waals surface area contributed by atoms with Gasteiger partial charge in [-0.1, -0.05) is 62.3 Å². The van der Waals surface area contributed by atoms with Crippen molar-refractivity contribution in [1.82, 2.24) is 0 Å². The molecule has 0 atom stereocenters. The Morgan fingerprint density at radius 2 is 1.12 bits per heavy atom. The Bertz CT molecular complexity index is 256. The highest BCUT2D eigenvalue weighted by Crippen LogP contribution is 2.67. The van der Waals surface area contributed by atoms with Crippen molar-refractivity contribution in [3.05, 3.63) is 0 Å². The van der Waals surface area contributed by atoms with Crippen molar-refractivity contribution < 1.29 is 9.09 Å². The van der Waals surface area contributed by atoms with Gasteiger partial charge in [-0.3, -0.25) is 4.57 Å². The van der Waals surface area contributed by atoms with Gasteiger partial charge in [0, 0.05) is 10.3 Å². The largest absolute Gasteiger partial charge is 0.327 e. The highest BCUT2D eigenvalue weighted by molar-refractivity contribution is 7.62. The molecule has 0 spiro atoms. The summed E-state index contributed by atoms with van der Waals surface area (Å²) in [7, 11) is -2.68. The third-order valence-corrected chi connectivity index (χ3v) is 6.47. The minimum Gasteiger partial charge on any atom is -0.327 e. The van der Waals surface area contributed by atoms with Crippen LogP contribution in [-0.2, 0) is 9.09 Å². The Hall–Kier alpha value is 0.190. The molecule has 0 aromatic heterocycles. The van der Waals surface area contributed by atoms with Gasteiger partial charge >= 0.3 is 0 Å². The molecule has 98 valence electrons. The van der Waals surface area contributed by atoms with E-state index in [1.54, 1.807) is 0 Å². The Morgan fingerprint density at radius 3 is 1.31 bits per heavy atom. The van der Waals surface area contributed by atoms with E-state index in [-0.39, 0.29) is 15.7 Å². The summed E-state index contributed by atoms with van der Waals surface area (Å²) in [5.74, 6) is 0. The minimum absolute atomic E-state index is 0.0478. The molecule has 0 unspecified atom stereocenters. The smallest absolute Gasteiger partial charge is 0.213 e. The quantitative estimate of drug-likeness (QED) is 0.648. The van der Waals surface area contributed by atoms with Gasteiger partial charge in [-0.05, 0) is 5.41 Å². The van der Waals surface area contributed by atoms with E-state index in [4.69, 9.17) is 4.52 Å². The van der Waals surface area contributed by atoms with E-state index < -0.39 is 7.37 Å². The summed E-state index contributed by atoms with van der Waals surface area (Å²) >= 11 is 0. The molecule has 0 aromatic rings. The average molecular weight is 248 g/mol. The Kier molecular flexibility index (Phi) is 4.51. The molecule has 0 N–H and O–H groups in total. The monoisotopic (exact) mass is 248 g/mol. The number of hydrogen-bond donors (Lipinski definition) is 0. The van der Waals surface area contributed by atoms with E-state index in [9.17, 15) is 4.57 Å². The molecule has 0 saturated carbocycles. The van der Waals surface area contributed by atoms with Crippen LogP contribution in [0.3, 0.4) is 0 Å². The first-order chi connectivity index (χ1) is 6.71. The van der Waals surface area contributed by atoms with Crippen molar-refractivity contribution in [2.75, 3.05) is 6.61 Å². The summed E-state index contributed by atoms with van der Waals surface area (Å²) in [5, 5.41) is -0.618. The lowest BCUT2D eigenvalue weighted by molar-refractivity contribution is 0.186. The van der Waals surface area contributed by atoms with Gasteiger partial charge in [0.1, 0.15) is 0 Å². The van der Waals surface area contributed by atoms with E-state index in [1.807, 2.05) is 41.5 Å². The van der Waals surface area contributed by atoms with Crippen LogP contribution in [0.4, 0.5) is 0 Å². The summed E-state index contributed by atoms with van der Waals surface area (Å²) < 4.78 is 19.0. The van der Waals surface area contributed by atoms with Gasteiger partial charge in [0.15, 0.2) is 0 Å². The molecule has 0 aliphatic carbocycles. The van der Waals surface area contributed by atoms with Gasteiger partial charge in [-0.25, -0.2) is 0 Å². The summed E-state index contributed by atoms with van der Waals surface area (Å²) in [6.07, 6.45) is 0. The fraction of sp³-hybridized carbons (Fsp3) is 1.00. The van der Waals surface area contributed by atoms with Crippen LogP contribution in [0.2, 0.25) is 0 Å². The highest BCUT2D eigenvalue weighted by Gasteiger charge is 2.48. The van der Waals surface area contributed by atoms with Crippen molar-refractivity contribution in [3.63, 3.8) is 0 Å². The number of hydrogen-bond acceptors (Lipinski definition) is 2. The van der Waals surface area contributed by atoms with Gasteiger partial charge in [0.05, 0.1) is 6.61 Å². The Balaban J connectivity index is 5.09. The van der Waals surface area contributed by atoms with Crippen LogP contribution in [0.15, 0.2) is 0 Å². The molecule has 0 heterocycles. The van der Waals surface area contributed by atoms with Gasteiger partial charge in [-0.2, -0.15) is 0 Å². The first kappa shape index (κ1) is 16.2. The third-order valence-electron chi connectivity index (χ3n) is 2.45. The third kappa shape index (κ3) is 3.89. The van der Waals surface area contributed by atoms with Gasteiger partial charge in [-0.15, -0.1) is 0 Å². The fourth-order valence-corrected chi connectivity index (χ4v) is 5.03. The molecular weight excluding hydrogens is 219 g/mol. The second-order valence-corrected chi connectivity index (χ2v) is 11.8. The zero-order chi connectivity index (χ0) is 13.4. The predicted octanol–water partition coefficient (Wildman–Crippen LogP) is 4.92. The molecule has 0 amide bonds. The lowest BCUT2D eigenvalue weighted by Crippen LogP contribution is -2.31. The molecular formula is C13H29O2P. The molecule has 0 bridgehead atoms. The van der Waals surface area contributed by atoms with E-state index in [0.29, 0.717) is 6.61 Å². The summed E-state index contributed by atoms with van der Waals surface area (Å²) in [4.78, 5) is 0. The van der Waals surface area contributed by atoms with Crippen LogP contribution in [-0.4, -0.2) is 16.9 Å². The minimum atomic E-state index is -2.68. The summed E-state index contributed by atoms with van der Waals surface area (Å²) in [5.41, 5.74) is 0.0478. The molecule has 3 heteroatoms. The zero-order valence-corrected chi connectivity index (χ0v) is 13.4. The maximum absolute atomic E-state index is 13.1. The fourth-order valence-electron chi connectivity index (χ4n) is 1.68. The SMILES string of the molecule is CC(C)(C)COP(=O)(C(C)(C)C)C(C)(C)C. The molecule has 0 aliphatic heterocycles. The predicted molar refractivity (Wildman–Crippen MR) is 72.5 cm³/mol. The highest BCUT2D eigenvalue weighted by atomic mass is 31.2. The van der Waals surface area contributed by atoms with Crippen molar-refractivity contribution in [2.24, 2.45) is 5.41 Å². The molecule has 0 aromatic carbocycles. The molecule has 0 aliphatic rings. The maximum atomic E-state index is 13.1. The average Bonchev–Trinajstić information content (AvgIpc) is 1.93. The molecule has 0 saturated heterocycles. The summed E-state index contributed by atoms with van der Waals surface area (Å²) in [6.45, 7) is 18.9. The van der Waals surface area contributed by atoms with Crippen LogP contribution in [0.1, 0.15) is 62.3 Å². The van der Waals surface area contributed by atoms with Crippen molar-refractivity contribution in [1.29, 1.82) is 0 Å². The second-order valence-electron chi connectivity index (χ2n) is 7.73. The lowest BCUT2D eigenvalue weighted by atomic mass is 9.99. The first-order valence-corrected chi connectivity index (χ1v) is 7.58. The van der Waals surface area contributed by atoms with Crippen molar-refractivity contribution in [2.45, 2.75) is 72.6 Å². The lowest BCUT2D eigenvalue weighted by Gasteiger charge is -2.41. The second kappa shape index (κ2) is 4.46. The zero-order valence-electron chi connectivity index (χ0n) is 12.5. The first-order valence-electron chi connectivity index (χ1n) is 5.95. The van der Waals surface area contributed by atoms with Gasteiger partial charge < -0.3 is 4.52 Å². The van der Waals surface area contributed by atoms with Crippen LogP contribution in [0, 0.1) is 5.41 Å². The van der Waals surface area contributed by atoms with E-state index >= 15 is 0 Å². The van der Waals surface area contributed by atoms with Crippen LogP contribution >= 0.6 is 7.37 Å². The van der Waals surface area contributed by atoms with Crippen LogP contribution in [0.25, 0.3) is 0 Å². The molecule has 0 radical (unpaired) electrons. The van der Waals surface area contributed by atoms with Crippen LogP contribution < -0.4 is 0 Å². The Morgan fingerprint density at radius 1 is 0.812 bits per heavy atom. The van der Waals surface area contributed by atoms with Gasteiger partial charge in [0.2, 0.25) is 7.37 Å². The standard InChI is InChI=1S/C13H29O2P/c1-11(2,3)10-15-16(14,12(4,5)6)13(7,8)9/h10H2,1-9H3. The molecule has 0 rings (SSSR count). The van der Waals surface area contributed by atoms with Gasteiger partial charge in [0.25, 0.3) is 0 Å². The van der Waals surface area contributed by atoms with Crippen molar-refractivity contribution >= 4 is 7.37 Å². The Labute approximate surface area is 102 Å². The molecule has 2 nitrogen and oxygen atoms in total. The van der Waals surface area contributed by atoms with E-state index in [0.717, 1.165) is 0 Å². The van der Waals surface area contributed by atoms with Crippen LogP contribution in [0.5, 0.6) is 0 Å². The summed E-state index contributed by atoms with van der Waals surface area (Å²) in [6, 6.07) is 0. The molecule has 16 heavy (non-hydrogen) atoms. The normalized spacial score (nSPS) is 15.3. The van der Waals surface area contributed by atoms with E-state index in [2.05, 4.69) is 20.8 Å². The molecule has 0 fully saturated rings. The topological polar surface area (TPSA) is 26.3 Å². The number of rotatable bonds is 2. The van der Waals surface area contributed by atoms with Crippen molar-refractivity contribution in [3.8, 4) is 0 Å². The maximum Gasteiger partial charge on any atom is 0.213 e. The van der Waals surface area contributed by atoms with E-state index in [1.165, 1.54) is 0 Å².